The van der Waals surface area contributed by atoms with E-state index in [-0.39, 0.29) is 11.5 Å². The molecule has 0 saturated carbocycles. The zero-order valence-corrected chi connectivity index (χ0v) is 6.61. The monoisotopic (exact) mass is 151 g/mol. The molecule has 58 valence electrons. The molecule has 0 amide bonds. The standard InChI is InChI=1S/C9H10FN/c1-3-7-8(10)4-6(2)5-9(7)11/h3-5,11H,1-2H3/b7-3-,11-9?. The van der Waals surface area contributed by atoms with Gasteiger partial charge in [0, 0.05) is 5.57 Å². The van der Waals surface area contributed by atoms with Crippen molar-refractivity contribution in [2.45, 2.75) is 13.8 Å². The Labute approximate surface area is 65.4 Å². The van der Waals surface area contributed by atoms with Crippen LogP contribution in [0.5, 0.6) is 0 Å². The van der Waals surface area contributed by atoms with E-state index in [1.807, 2.05) is 0 Å². The van der Waals surface area contributed by atoms with Crippen LogP contribution < -0.4 is 0 Å². The van der Waals surface area contributed by atoms with Gasteiger partial charge in [-0.25, -0.2) is 4.39 Å². The van der Waals surface area contributed by atoms with Gasteiger partial charge in [0.2, 0.25) is 0 Å². The van der Waals surface area contributed by atoms with Gasteiger partial charge in [0.25, 0.3) is 0 Å². The first-order chi connectivity index (χ1) is 5.15. The molecule has 0 fully saturated rings. The SMILES string of the molecule is C/C=C1\C(=N)C=C(C)C=C1F. The summed E-state index contributed by atoms with van der Waals surface area (Å²) in [5.41, 5.74) is 1.43. The molecule has 1 N–H and O–H groups in total. The summed E-state index contributed by atoms with van der Waals surface area (Å²) in [6.45, 7) is 3.51. The van der Waals surface area contributed by atoms with E-state index in [1.54, 1.807) is 26.0 Å². The molecule has 0 aliphatic heterocycles. The second kappa shape index (κ2) is 2.82. The fourth-order valence-electron chi connectivity index (χ4n) is 1.05. The van der Waals surface area contributed by atoms with Crippen molar-refractivity contribution in [3.8, 4) is 0 Å². The van der Waals surface area contributed by atoms with Crippen molar-refractivity contribution < 1.29 is 4.39 Å². The van der Waals surface area contributed by atoms with Crippen molar-refractivity contribution in [3.63, 3.8) is 0 Å². The lowest BCUT2D eigenvalue weighted by Gasteiger charge is -2.08. The van der Waals surface area contributed by atoms with Gasteiger partial charge < -0.3 is 5.41 Å². The van der Waals surface area contributed by atoms with Gasteiger partial charge in [-0.15, -0.1) is 0 Å². The maximum absolute atomic E-state index is 13.0. The maximum Gasteiger partial charge on any atom is 0.132 e. The topological polar surface area (TPSA) is 23.9 Å². The quantitative estimate of drug-likeness (QED) is 0.550. The lowest BCUT2D eigenvalue weighted by Crippen LogP contribution is -2.03. The van der Waals surface area contributed by atoms with Crippen LogP contribution in [0.3, 0.4) is 0 Å². The second-order valence-electron chi connectivity index (χ2n) is 2.50. The van der Waals surface area contributed by atoms with Gasteiger partial charge in [-0.2, -0.15) is 0 Å². The number of nitrogens with one attached hydrogen (secondary N) is 1. The summed E-state index contributed by atoms with van der Waals surface area (Å²) in [7, 11) is 0. The minimum absolute atomic E-state index is 0.255. The van der Waals surface area contributed by atoms with Crippen LogP contribution in [0.4, 0.5) is 4.39 Å². The Bertz CT molecular complexity index is 282. The molecule has 11 heavy (non-hydrogen) atoms. The highest BCUT2D eigenvalue weighted by molar-refractivity contribution is 6.10. The Balaban J connectivity index is 3.11. The van der Waals surface area contributed by atoms with E-state index in [4.69, 9.17) is 5.41 Å². The predicted molar refractivity (Wildman–Crippen MR) is 44.4 cm³/mol. The molecule has 1 nitrogen and oxygen atoms in total. The lowest BCUT2D eigenvalue weighted by atomic mass is 10.0. The summed E-state index contributed by atoms with van der Waals surface area (Å²) in [4.78, 5) is 0. The van der Waals surface area contributed by atoms with E-state index in [0.717, 1.165) is 5.57 Å². The molecule has 0 atom stereocenters. The van der Waals surface area contributed by atoms with E-state index in [9.17, 15) is 4.39 Å². The third-order valence-corrected chi connectivity index (χ3v) is 1.56. The van der Waals surface area contributed by atoms with Crippen LogP contribution >= 0.6 is 0 Å². The zero-order chi connectivity index (χ0) is 8.43. The average molecular weight is 151 g/mol. The van der Waals surface area contributed by atoms with E-state index < -0.39 is 0 Å². The van der Waals surface area contributed by atoms with Crippen LogP contribution in [0, 0.1) is 5.41 Å². The van der Waals surface area contributed by atoms with Crippen LogP contribution in [0.25, 0.3) is 0 Å². The smallest absolute Gasteiger partial charge is 0.132 e. The zero-order valence-electron chi connectivity index (χ0n) is 6.61. The minimum Gasteiger partial charge on any atom is -0.300 e. The van der Waals surface area contributed by atoms with Gasteiger partial charge in [0.1, 0.15) is 5.83 Å². The van der Waals surface area contributed by atoms with Gasteiger partial charge in [-0.05, 0) is 31.6 Å². The Hall–Kier alpha value is -1.18. The van der Waals surface area contributed by atoms with Crippen molar-refractivity contribution in [1.29, 1.82) is 5.41 Å². The van der Waals surface area contributed by atoms with Crippen LogP contribution in [0.1, 0.15) is 13.8 Å². The second-order valence-corrected chi connectivity index (χ2v) is 2.50. The van der Waals surface area contributed by atoms with Gasteiger partial charge in [0.05, 0.1) is 5.71 Å². The highest BCUT2D eigenvalue weighted by Gasteiger charge is 2.11. The highest BCUT2D eigenvalue weighted by atomic mass is 19.1. The van der Waals surface area contributed by atoms with Crippen molar-refractivity contribution >= 4 is 5.71 Å². The Morgan fingerprint density at radius 1 is 1.45 bits per heavy atom. The summed E-state index contributed by atoms with van der Waals surface area (Å²) < 4.78 is 13.0. The number of allylic oxidation sites excluding steroid dienone is 6. The first-order valence-corrected chi connectivity index (χ1v) is 3.46. The average Bonchev–Trinajstić information content (AvgIpc) is 1.85. The summed E-state index contributed by atoms with van der Waals surface area (Å²) in [5.74, 6) is -0.308. The molecule has 1 aliphatic rings. The number of rotatable bonds is 0. The summed E-state index contributed by atoms with van der Waals surface area (Å²) >= 11 is 0. The molecule has 0 spiro atoms. The molecule has 0 radical (unpaired) electrons. The Morgan fingerprint density at radius 3 is 2.55 bits per heavy atom. The van der Waals surface area contributed by atoms with Gasteiger partial charge in [-0.3, -0.25) is 0 Å². The van der Waals surface area contributed by atoms with Crippen LogP contribution in [0.15, 0.2) is 35.2 Å². The minimum atomic E-state index is -0.308. The fraction of sp³-hybridized carbons (Fsp3) is 0.222. The maximum atomic E-state index is 13.0. The summed E-state index contributed by atoms with van der Waals surface area (Å²) in [5, 5.41) is 7.38. The highest BCUT2D eigenvalue weighted by Crippen LogP contribution is 2.21. The molecule has 0 unspecified atom stereocenters. The molecule has 0 saturated heterocycles. The van der Waals surface area contributed by atoms with Gasteiger partial charge >= 0.3 is 0 Å². The lowest BCUT2D eigenvalue weighted by molar-refractivity contribution is 0.657. The molecule has 0 aromatic rings. The van der Waals surface area contributed by atoms with E-state index in [2.05, 4.69) is 0 Å². The number of hydrogen-bond donors (Lipinski definition) is 1. The van der Waals surface area contributed by atoms with E-state index in [1.165, 1.54) is 6.08 Å². The molecular weight excluding hydrogens is 141 g/mol. The van der Waals surface area contributed by atoms with Gasteiger partial charge in [0.15, 0.2) is 0 Å². The fourth-order valence-corrected chi connectivity index (χ4v) is 1.05. The Kier molecular flexibility index (Phi) is 2.03. The number of halogens is 1. The molecular formula is C9H10FN. The molecule has 1 rings (SSSR count). The number of hydrogen-bond acceptors (Lipinski definition) is 1. The molecule has 0 bridgehead atoms. The van der Waals surface area contributed by atoms with E-state index >= 15 is 0 Å². The van der Waals surface area contributed by atoms with Crippen molar-refractivity contribution in [2.24, 2.45) is 0 Å². The predicted octanol–water partition coefficient (Wildman–Crippen LogP) is 2.77. The Morgan fingerprint density at radius 2 is 2.09 bits per heavy atom. The van der Waals surface area contributed by atoms with Crippen molar-refractivity contribution in [1.82, 2.24) is 0 Å². The molecule has 2 heteroatoms. The third-order valence-electron chi connectivity index (χ3n) is 1.56. The summed E-state index contributed by atoms with van der Waals surface area (Å²) in [6.07, 6.45) is 4.70. The molecule has 0 aromatic carbocycles. The largest absolute Gasteiger partial charge is 0.300 e. The van der Waals surface area contributed by atoms with Gasteiger partial charge in [-0.1, -0.05) is 6.08 Å². The molecule has 0 aromatic heterocycles. The van der Waals surface area contributed by atoms with Crippen molar-refractivity contribution in [3.05, 3.63) is 35.2 Å². The van der Waals surface area contributed by atoms with Crippen molar-refractivity contribution in [2.75, 3.05) is 0 Å². The van der Waals surface area contributed by atoms with Crippen LogP contribution in [-0.4, -0.2) is 5.71 Å². The molecule has 1 aliphatic carbocycles. The van der Waals surface area contributed by atoms with Crippen LogP contribution in [-0.2, 0) is 0 Å². The summed E-state index contributed by atoms with van der Waals surface area (Å²) in [6, 6.07) is 0. The van der Waals surface area contributed by atoms with E-state index in [0.29, 0.717) is 5.57 Å². The first-order valence-electron chi connectivity index (χ1n) is 3.46. The van der Waals surface area contributed by atoms with Crippen LogP contribution in [0.2, 0.25) is 0 Å². The normalized spacial score (nSPS) is 21.7. The third kappa shape index (κ3) is 1.45. The first kappa shape index (κ1) is 7.92. The molecule has 0 heterocycles.